The van der Waals surface area contributed by atoms with E-state index in [1.54, 1.807) is 0 Å². The molecule has 0 fully saturated rings. The van der Waals surface area contributed by atoms with Gasteiger partial charge in [-0.3, -0.25) is 9.59 Å². The number of carbonyl (C=O) groups is 2. The van der Waals surface area contributed by atoms with Gasteiger partial charge in [-0.1, -0.05) is 0 Å². The van der Waals surface area contributed by atoms with Crippen LogP contribution in [0.3, 0.4) is 0 Å². The van der Waals surface area contributed by atoms with Crippen LogP contribution in [0.25, 0.3) is 0 Å². The van der Waals surface area contributed by atoms with E-state index in [2.05, 4.69) is 4.74 Å². The molecule has 0 atom stereocenters. The van der Waals surface area contributed by atoms with Crippen LogP contribution in [-0.4, -0.2) is 25.5 Å². The molecule has 86 valence electrons. The van der Waals surface area contributed by atoms with E-state index in [4.69, 9.17) is 4.74 Å². The summed E-state index contributed by atoms with van der Waals surface area (Å²) in [6.45, 7) is 0.809. The zero-order chi connectivity index (χ0) is 12.1. The first-order valence-corrected chi connectivity index (χ1v) is 4.54. The number of benzene rings is 1. The number of halogens is 1. The Balaban J connectivity index is 2.77. The molecule has 0 aliphatic carbocycles. The number of esters is 1. The summed E-state index contributed by atoms with van der Waals surface area (Å²) in [5.41, 5.74) is 0.138. The SMILES string of the molecule is COc1ccc(C(=O)COC(C)=O)cc1F. The molecule has 1 aromatic carbocycles. The zero-order valence-corrected chi connectivity index (χ0v) is 8.95. The maximum absolute atomic E-state index is 13.2. The molecule has 5 heteroatoms. The minimum atomic E-state index is -0.629. The Morgan fingerprint density at radius 2 is 2.06 bits per heavy atom. The molecule has 0 bridgehead atoms. The van der Waals surface area contributed by atoms with Crippen molar-refractivity contribution in [2.75, 3.05) is 13.7 Å². The van der Waals surface area contributed by atoms with Crippen molar-refractivity contribution in [2.24, 2.45) is 0 Å². The number of hydrogen-bond donors (Lipinski definition) is 0. The third kappa shape index (κ3) is 3.05. The summed E-state index contributed by atoms with van der Waals surface area (Å²) in [5.74, 6) is -1.58. The molecule has 0 saturated carbocycles. The molecule has 0 aliphatic heterocycles. The molecular weight excluding hydrogens is 215 g/mol. The predicted molar refractivity (Wildman–Crippen MR) is 53.9 cm³/mol. The summed E-state index contributed by atoms with van der Waals surface area (Å²) >= 11 is 0. The number of ketones is 1. The first-order chi connectivity index (χ1) is 7.54. The van der Waals surface area contributed by atoms with Crippen molar-refractivity contribution >= 4 is 11.8 Å². The van der Waals surface area contributed by atoms with E-state index in [9.17, 15) is 14.0 Å². The molecule has 0 N–H and O–H groups in total. The van der Waals surface area contributed by atoms with Crippen LogP contribution in [0.5, 0.6) is 5.75 Å². The maximum Gasteiger partial charge on any atom is 0.303 e. The fourth-order valence-corrected chi connectivity index (χ4v) is 1.09. The van der Waals surface area contributed by atoms with E-state index in [0.29, 0.717) is 0 Å². The van der Waals surface area contributed by atoms with Crippen molar-refractivity contribution in [1.82, 2.24) is 0 Å². The summed E-state index contributed by atoms with van der Waals surface area (Å²) in [7, 11) is 1.33. The Labute approximate surface area is 92.0 Å². The molecule has 16 heavy (non-hydrogen) atoms. The van der Waals surface area contributed by atoms with Gasteiger partial charge in [0.05, 0.1) is 7.11 Å². The molecule has 0 unspecified atom stereocenters. The van der Waals surface area contributed by atoms with Crippen molar-refractivity contribution in [3.8, 4) is 5.75 Å². The molecule has 0 aliphatic rings. The lowest BCUT2D eigenvalue weighted by atomic mass is 10.1. The normalized spacial score (nSPS) is 9.69. The number of hydrogen-bond acceptors (Lipinski definition) is 4. The molecule has 1 aromatic rings. The van der Waals surface area contributed by atoms with E-state index >= 15 is 0 Å². The molecule has 0 radical (unpaired) electrons. The highest BCUT2D eigenvalue weighted by atomic mass is 19.1. The lowest BCUT2D eigenvalue weighted by Crippen LogP contribution is -2.12. The lowest BCUT2D eigenvalue weighted by molar-refractivity contribution is -0.139. The lowest BCUT2D eigenvalue weighted by Gasteiger charge is -2.04. The highest BCUT2D eigenvalue weighted by Gasteiger charge is 2.11. The fourth-order valence-electron chi connectivity index (χ4n) is 1.09. The Morgan fingerprint density at radius 3 is 2.56 bits per heavy atom. The average Bonchev–Trinajstić information content (AvgIpc) is 2.25. The van der Waals surface area contributed by atoms with E-state index in [1.165, 1.54) is 26.2 Å². The van der Waals surface area contributed by atoms with Crippen molar-refractivity contribution in [1.29, 1.82) is 0 Å². The number of carbonyl (C=O) groups excluding carboxylic acids is 2. The van der Waals surface area contributed by atoms with Crippen LogP contribution in [0, 0.1) is 5.82 Å². The van der Waals surface area contributed by atoms with Crippen LogP contribution in [0.1, 0.15) is 17.3 Å². The minimum absolute atomic E-state index is 0.0593. The van der Waals surface area contributed by atoms with Crippen LogP contribution in [0.15, 0.2) is 18.2 Å². The monoisotopic (exact) mass is 226 g/mol. The number of rotatable bonds is 4. The van der Waals surface area contributed by atoms with E-state index in [1.807, 2.05) is 0 Å². The molecule has 0 aromatic heterocycles. The van der Waals surface area contributed by atoms with Gasteiger partial charge in [0.15, 0.2) is 24.0 Å². The number of methoxy groups -OCH3 is 1. The third-order valence-electron chi connectivity index (χ3n) is 1.88. The van der Waals surface area contributed by atoms with E-state index < -0.39 is 17.6 Å². The Morgan fingerprint density at radius 1 is 1.38 bits per heavy atom. The number of ether oxygens (including phenoxy) is 2. The van der Waals surface area contributed by atoms with Crippen LogP contribution < -0.4 is 4.74 Å². The van der Waals surface area contributed by atoms with Gasteiger partial charge in [0, 0.05) is 12.5 Å². The maximum atomic E-state index is 13.2. The second kappa shape index (κ2) is 5.25. The van der Waals surface area contributed by atoms with Crippen molar-refractivity contribution in [3.05, 3.63) is 29.6 Å². The first-order valence-electron chi connectivity index (χ1n) is 4.54. The second-order valence-electron chi connectivity index (χ2n) is 3.05. The molecule has 4 nitrogen and oxygen atoms in total. The van der Waals surface area contributed by atoms with Crippen molar-refractivity contribution in [3.63, 3.8) is 0 Å². The predicted octanol–water partition coefficient (Wildman–Crippen LogP) is 1.58. The van der Waals surface area contributed by atoms with Gasteiger partial charge in [0.2, 0.25) is 0 Å². The largest absolute Gasteiger partial charge is 0.494 e. The van der Waals surface area contributed by atoms with Crippen LogP contribution >= 0.6 is 0 Å². The summed E-state index contributed by atoms with van der Waals surface area (Å²) in [6.07, 6.45) is 0. The molecule has 0 heterocycles. The molecule has 0 amide bonds. The molecule has 0 saturated heterocycles. The average molecular weight is 226 g/mol. The van der Waals surface area contributed by atoms with Gasteiger partial charge in [0.25, 0.3) is 0 Å². The zero-order valence-electron chi connectivity index (χ0n) is 8.95. The van der Waals surface area contributed by atoms with Gasteiger partial charge in [-0.05, 0) is 18.2 Å². The van der Waals surface area contributed by atoms with Crippen LogP contribution in [0.4, 0.5) is 4.39 Å². The summed E-state index contributed by atoms with van der Waals surface area (Å²) < 4.78 is 22.4. The van der Waals surface area contributed by atoms with Crippen molar-refractivity contribution < 1.29 is 23.5 Å². The Hall–Kier alpha value is -1.91. The van der Waals surface area contributed by atoms with E-state index in [-0.39, 0.29) is 17.9 Å². The quantitative estimate of drug-likeness (QED) is 0.577. The van der Waals surface area contributed by atoms with Gasteiger partial charge >= 0.3 is 5.97 Å². The van der Waals surface area contributed by atoms with Crippen LogP contribution in [0.2, 0.25) is 0 Å². The highest BCUT2D eigenvalue weighted by molar-refractivity contribution is 5.97. The van der Waals surface area contributed by atoms with Crippen LogP contribution in [-0.2, 0) is 9.53 Å². The van der Waals surface area contributed by atoms with Crippen molar-refractivity contribution in [2.45, 2.75) is 6.92 Å². The first kappa shape index (κ1) is 12.2. The van der Waals surface area contributed by atoms with E-state index in [0.717, 1.165) is 6.07 Å². The third-order valence-corrected chi connectivity index (χ3v) is 1.88. The molecule has 0 spiro atoms. The molecule has 1 rings (SSSR count). The van der Waals surface area contributed by atoms with Gasteiger partial charge in [-0.25, -0.2) is 4.39 Å². The van der Waals surface area contributed by atoms with Gasteiger partial charge in [-0.2, -0.15) is 0 Å². The fraction of sp³-hybridized carbons (Fsp3) is 0.273. The van der Waals surface area contributed by atoms with Gasteiger partial charge in [0.1, 0.15) is 0 Å². The minimum Gasteiger partial charge on any atom is -0.494 e. The highest BCUT2D eigenvalue weighted by Crippen LogP contribution is 2.17. The smallest absolute Gasteiger partial charge is 0.303 e. The summed E-state index contributed by atoms with van der Waals surface area (Å²) in [5, 5.41) is 0. The van der Waals surface area contributed by atoms with Gasteiger partial charge in [-0.15, -0.1) is 0 Å². The summed E-state index contributed by atoms with van der Waals surface area (Å²) in [6, 6.07) is 3.80. The Bertz CT molecular complexity index is 414. The standard InChI is InChI=1S/C11H11FO4/c1-7(13)16-6-10(14)8-3-4-11(15-2)9(12)5-8/h3-5H,6H2,1-2H3. The Kier molecular flexibility index (Phi) is 3.99. The topological polar surface area (TPSA) is 52.6 Å². The molecular formula is C11H11FO4. The second-order valence-corrected chi connectivity index (χ2v) is 3.05. The van der Waals surface area contributed by atoms with Gasteiger partial charge < -0.3 is 9.47 Å². The summed E-state index contributed by atoms with van der Waals surface area (Å²) in [4.78, 5) is 21.9. The number of Topliss-reactive ketones (excluding diaryl/α,β-unsaturated/α-hetero) is 1.